The summed E-state index contributed by atoms with van der Waals surface area (Å²) in [5, 5.41) is 0. The van der Waals surface area contributed by atoms with Gasteiger partial charge in [-0.2, -0.15) is 0 Å². The molecule has 1 saturated heterocycles. The van der Waals surface area contributed by atoms with Gasteiger partial charge in [-0.3, -0.25) is 4.57 Å². The zero-order chi connectivity index (χ0) is 8.32. The highest BCUT2D eigenvalue weighted by Crippen LogP contribution is 2.51. The molecule has 0 bridgehead atoms. The Morgan fingerprint density at radius 1 is 1.36 bits per heavy atom. The van der Waals surface area contributed by atoms with Gasteiger partial charge in [-0.25, -0.2) is 0 Å². The van der Waals surface area contributed by atoms with Crippen LogP contribution in [0, 0.1) is 5.92 Å². The zero-order valence-electron chi connectivity index (χ0n) is 7.08. The van der Waals surface area contributed by atoms with Gasteiger partial charge < -0.3 is 9.05 Å². The van der Waals surface area contributed by atoms with Crippen molar-refractivity contribution in [2.75, 3.05) is 19.4 Å². The second kappa shape index (κ2) is 3.70. The lowest BCUT2D eigenvalue weighted by Gasteiger charge is -2.23. The summed E-state index contributed by atoms with van der Waals surface area (Å²) < 4.78 is 21.8. The van der Waals surface area contributed by atoms with Gasteiger partial charge in [0.25, 0.3) is 0 Å². The molecule has 0 N–H and O–H groups in total. The molecule has 0 aromatic heterocycles. The average molecular weight is 178 g/mol. The highest BCUT2D eigenvalue weighted by Gasteiger charge is 2.28. The Balaban J connectivity index is 2.44. The quantitative estimate of drug-likeness (QED) is 0.608. The number of hydrogen-bond donors (Lipinski definition) is 0. The summed E-state index contributed by atoms with van der Waals surface area (Å²) in [5.74, 6) is 0.374. The van der Waals surface area contributed by atoms with Gasteiger partial charge >= 0.3 is 7.60 Å². The van der Waals surface area contributed by atoms with Crippen molar-refractivity contribution in [3.8, 4) is 0 Å². The summed E-state index contributed by atoms with van der Waals surface area (Å²) >= 11 is 0. The summed E-state index contributed by atoms with van der Waals surface area (Å²) in [6, 6.07) is 0. The standard InChI is InChI=1S/C7H15O3P/c1-7(2)6-11(8)9-4-3-5-10-11/h7H,3-6H2,1-2H3. The van der Waals surface area contributed by atoms with E-state index in [1.807, 2.05) is 13.8 Å². The SMILES string of the molecule is CC(C)CP1(=O)OCCCO1. The Kier molecular flexibility index (Phi) is 3.11. The van der Waals surface area contributed by atoms with Crippen LogP contribution < -0.4 is 0 Å². The van der Waals surface area contributed by atoms with Crippen LogP contribution >= 0.6 is 7.60 Å². The fourth-order valence-corrected chi connectivity index (χ4v) is 3.05. The van der Waals surface area contributed by atoms with Gasteiger partial charge in [0.15, 0.2) is 0 Å². The molecule has 3 nitrogen and oxygen atoms in total. The van der Waals surface area contributed by atoms with Gasteiger partial charge in [-0.1, -0.05) is 13.8 Å². The fraction of sp³-hybridized carbons (Fsp3) is 1.00. The van der Waals surface area contributed by atoms with Crippen molar-refractivity contribution in [1.82, 2.24) is 0 Å². The Bertz CT molecular complexity index is 157. The maximum Gasteiger partial charge on any atom is 0.330 e. The Morgan fingerprint density at radius 3 is 2.36 bits per heavy atom. The molecule has 0 aliphatic carbocycles. The van der Waals surface area contributed by atoms with Crippen LogP contribution in [0.15, 0.2) is 0 Å². The topological polar surface area (TPSA) is 35.5 Å². The van der Waals surface area contributed by atoms with E-state index in [1.54, 1.807) is 0 Å². The predicted octanol–water partition coefficient (Wildman–Crippen LogP) is 2.27. The van der Waals surface area contributed by atoms with Crippen LogP contribution in [0.25, 0.3) is 0 Å². The molecule has 0 unspecified atom stereocenters. The molecule has 0 saturated carbocycles. The summed E-state index contributed by atoms with van der Waals surface area (Å²) in [7, 11) is -2.67. The molecular weight excluding hydrogens is 163 g/mol. The zero-order valence-corrected chi connectivity index (χ0v) is 7.97. The Hall–Kier alpha value is 0.150. The molecule has 0 spiro atoms. The first kappa shape index (κ1) is 9.24. The lowest BCUT2D eigenvalue weighted by Crippen LogP contribution is -2.12. The second-order valence-corrected chi connectivity index (χ2v) is 5.31. The first-order chi connectivity index (χ1) is 5.12. The van der Waals surface area contributed by atoms with Crippen LogP contribution in [0.1, 0.15) is 20.3 Å². The van der Waals surface area contributed by atoms with Crippen LogP contribution in [0.2, 0.25) is 0 Å². The van der Waals surface area contributed by atoms with Crippen molar-refractivity contribution in [1.29, 1.82) is 0 Å². The van der Waals surface area contributed by atoms with E-state index >= 15 is 0 Å². The van der Waals surface area contributed by atoms with E-state index in [9.17, 15) is 4.57 Å². The minimum Gasteiger partial charge on any atom is -0.308 e. The molecule has 1 heterocycles. The molecule has 0 atom stereocenters. The second-order valence-electron chi connectivity index (χ2n) is 3.21. The van der Waals surface area contributed by atoms with Gasteiger partial charge in [0.1, 0.15) is 0 Å². The third-order valence-corrected chi connectivity index (χ3v) is 3.78. The first-order valence-electron chi connectivity index (χ1n) is 4.00. The third-order valence-electron chi connectivity index (χ3n) is 1.45. The number of hydrogen-bond acceptors (Lipinski definition) is 3. The van der Waals surface area contributed by atoms with Crippen LogP contribution in [0.5, 0.6) is 0 Å². The van der Waals surface area contributed by atoms with Gasteiger partial charge in [0.2, 0.25) is 0 Å². The lowest BCUT2D eigenvalue weighted by atomic mass is 10.3. The summed E-state index contributed by atoms with van der Waals surface area (Å²) in [5.41, 5.74) is 0. The average Bonchev–Trinajstić information content (AvgIpc) is 1.85. The largest absolute Gasteiger partial charge is 0.330 e. The van der Waals surface area contributed by atoms with Crippen LogP contribution in [0.3, 0.4) is 0 Å². The Labute approximate surface area is 67.6 Å². The van der Waals surface area contributed by atoms with E-state index in [-0.39, 0.29) is 0 Å². The molecule has 1 aliphatic rings. The lowest BCUT2D eigenvalue weighted by molar-refractivity contribution is 0.144. The maximum atomic E-state index is 11.6. The summed E-state index contributed by atoms with van der Waals surface area (Å²) in [4.78, 5) is 0. The minimum absolute atomic E-state index is 0.374. The van der Waals surface area contributed by atoms with E-state index < -0.39 is 7.60 Å². The van der Waals surface area contributed by atoms with E-state index in [1.165, 1.54) is 0 Å². The highest BCUT2D eigenvalue weighted by atomic mass is 31.2. The van der Waals surface area contributed by atoms with Gasteiger partial charge in [0, 0.05) is 0 Å². The molecule has 0 radical (unpaired) electrons. The van der Waals surface area contributed by atoms with Crippen molar-refractivity contribution in [3.05, 3.63) is 0 Å². The molecule has 4 heteroatoms. The van der Waals surface area contributed by atoms with E-state index in [0.717, 1.165) is 6.42 Å². The molecule has 1 fully saturated rings. The van der Waals surface area contributed by atoms with Crippen molar-refractivity contribution >= 4 is 7.60 Å². The number of rotatable bonds is 2. The van der Waals surface area contributed by atoms with Crippen molar-refractivity contribution < 1.29 is 13.6 Å². The van der Waals surface area contributed by atoms with Crippen LogP contribution in [0.4, 0.5) is 0 Å². The molecule has 11 heavy (non-hydrogen) atoms. The maximum absolute atomic E-state index is 11.6. The molecule has 66 valence electrons. The van der Waals surface area contributed by atoms with Gasteiger partial charge in [-0.05, 0) is 12.3 Å². The van der Waals surface area contributed by atoms with Crippen LogP contribution in [-0.4, -0.2) is 19.4 Å². The van der Waals surface area contributed by atoms with Crippen molar-refractivity contribution in [2.45, 2.75) is 20.3 Å². The normalized spacial score (nSPS) is 23.9. The smallest absolute Gasteiger partial charge is 0.308 e. The first-order valence-corrected chi connectivity index (χ1v) is 5.73. The third kappa shape index (κ3) is 2.94. The molecular formula is C7H15O3P. The van der Waals surface area contributed by atoms with Crippen molar-refractivity contribution in [3.63, 3.8) is 0 Å². The van der Waals surface area contributed by atoms with Gasteiger partial charge in [-0.15, -0.1) is 0 Å². The minimum atomic E-state index is -2.67. The highest BCUT2D eigenvalue weighted by molar-refractivity contribution is 7.53. The molecule has 0 amide bonds. The molecule has 0 aromatic carbocycles. The predicted molar refractivity (Wildman–Crippen MR) is 43.8 cm³/mol. The van der Waals surface area contributed by atoms with Crippen molar-refractivity contribution in [2.24, 2.45) is 5.92 Å². The van der Waals surface area contributed by atoms with Gasteiger partial charge in [0.05, 0.1) is 19.4 Å². The van der Waals surface area contributed by atoms with E-state index in [4.69, 9.17) is 9.05 Å². The van der Waals surface area contributed by atoms with Crippen LogP contribution in [-0.2, 0) is 13.6 Å². The Morgan fingerprint density at radius 2 is 1.91 bits per heavy atom. The fourth-order valence-electron chi connectivity index (χ4n) is 1.06. The summed E-state index contributed by atoms with van der Waals surface area (Å²) in [6.45, 7) is 5.20. The molecule has 0 aromatic rings. The molecule has 1 rings (SSSR count). The summed E-state index contributed by atoms with van der Waals surface area (Å²) in [6.07, 6.45) is 1.41. The monoisotopic (exact) mass is 178 g/mol. The van der Waals surface area contributed by atoms with E-state index in [0.29, 0.717) is 25.3 Å². The molecule has 1 aliphatic heterocycles. The van der Waals surface area contributed by atoms with E-state index in [2.05, 4.69) is 0 Å².